The average molecular weight is 692 g/mol. The first-order valence-corrected chi connectivity index (χ1v) is 18.4. The van der Waals surface area contributed by atoms with Crippen molar-refractivity contribution >= 4 is 40.4 Å². The summed E-state index contributed by atoms with van der Waals surface area (Å²) in [7, 11) is 0. The van der Waals surface area contributed by atoms with Crippen molar-refractivity contribution in [2.45, 2.75) is 83.0 Å². The Hall–Kier alpha value is -4.71. The van der Waals surface area contributed by atoms with Gasteiger partial charge >= 0.3 is 6.09 Å². The van der Waals surface area contributed by atoms with Gasteiger partial charge < -0.3 is 29.7 Å². The van der Waals surface area contributed by atoms with E-state index >= 15 is 0 Å². The summed E-state index contributed by atoms with van der Waals surface area (Å²) in [6, 6.07) is 19.4. The van der Waals surface area contributed by atoms with Gasteiger partial charge in [0.05, 0.1) is 12.7 Å². The summed E-state index contributed by atoms with van der Waals surface area (Å²) in [5.41, 5.74) is 4.56. The van der Waals surface area contributed by atoms with Gasteiger partial charge in [0.1, 0.15) is 11.9 Å². The van der Waals surface area contributed by atoms with Crippen LogP contribution in [-0.2, 0) is 16.0 Å². The van der Waals surface area contributed by atoms with Gasteiger partial charge in [0.15, 0.2) is 17.0 Å². The van der Waals surface area contributed by atoms with Gasteiger partial charge in [-0.2, -0.15) is 0 Å². The first-order valence-electron chi connectivity index (χ1n) is 18.4. The first kappa shape index (κ1) is 33.4. The fraction of sp³-hybridized carbons (Fsp3) is 0.513. The number of benzene rings is 2. The molecule has 2 aliphatic heterocycles. The Kier molecular flexibility index (Phi) is 8.81. The van der Waals surface area contributed by atoms with Crippen LogP contribution in [0.4, 0.5) is 22.0 Å². The molecule has 51 heavy (non-hydrogen) atoms. The highest BCUT2D eigenvalue weighted by atomic mass is 16.6. The molecule has 0 atom stereocenters. The largest absolute Gasteiger partial charge is 0.444 e. The standard InChI is InChI=1S/C39H49N9O3/c1-38(2,3)51-37(50)47-14-13-39(24-47)22-32(23-39)46-17-15-45(16-18-46)30-11-9-28(10-12-30)44-35-34-36(41-25-40-35)48(26-42-34)31-20-29(21-31)43-33(49)19-27-7-5-4-6-8-27/h4-12,25-26,29,31-32H,13-24H2,1-3H3,(H,43,49)(H,40,41,44). The van der Waals surface area contributed by atoms with E-state index in [-0.39, 0.29) is 29.5 Å². The molecule has 12 nitrogen and oxygen atoms in total. The number of carbonyl (C=O) groups excluding carboxylic acids is 2. The van der Waals surface area contributed by atoms with Crippen molar-refractivity contribution in [1.82, 2.24) is 34.6 Å². The fourth-order valence-corrected chi connectivity index (χ4v) is 8.39. The number of nitrogens with one attached hydrogen (secondary N) is 2. The van der Waals surface area contributed by atoms with Crippen molar-refractivity contribution in [2.75, 3.05) is 49.5 Å². The predicted molar refractivity (Wildman–Crippen MR) is 197 cm³/mol. The van der Waals surface area contributed by atoms with Gasteiger partial charge in [-0.05, 0) is 88.1 Å². The van der Waals surface area contributed by atoms with Crippen molar-refractivity contribution in [3.8, 4) is 0 Å². The number of imidazole rings is 1. The lowest BCUT2D eigenvalue weighted by Gasteiger charge is -2.52. The number of ether oxygens (including phenoxy) is 1. The number of aromatic nitrogens is 4. The molecule has 4 aromatic rings. The van der Waals surface area contributed by atoms with E-state index in [2.05, 4.69) is 64.2 Å². The van der Waals surface area contributed by atoms with Gasteiger partial charge in [0.25, 0.3) is 0 Å². The number of fused-ring (bicyclic) bond motifs is 1. The maximum absolute atomic E-state index is 12.6. The Morgan fingerprint density at radius 3 is 2.37 bits per heavy atom. The normalized spacial score (nSPS) is 25.0. The minimum Gasteiger partial charge on any atom is -0.444 e. The summed E-state index contributed by atoms with van der Waals surface area (Å²) >= 11 is 0. The van der Waals surface area contributed by atoms with Crippen molar-refractivity contribution in [2.24, 2.45) is 5.41 Å². The maximum atomic E-state index is 12.6. The summed E-state index contributed by atoms with van der Waals surface area (Å²) < 4.78 is 7.73. The minimum absolute atomic E-state index is 0.0590. The molecule has 2 amide bonds. The predicted octanol–water partition coefficient (Wildman–Crippen LogP) is 5.54. The molecule has 268 valence electrons. The van der Waals surface area contributed by atoms with E-state index < -0.39 is 5.60 Å². The van der Waals surface area contributed by atoms with Gasteiger partial charge in [-0.3, -0.25) is 9.69 Å². The van der Waals surface area contributed by atoms with Gasteiger partial charge in [0.2, 0.25) is 5.91 Å². The van der Waals surface area contributed by atoms with Crippen LogP contribution in [-0.4, -0.2) is 98.3 Å². The third-order valence-electron chi connectivity index (χ3n) is 11.2. The molecule has 2 aliphatic carbocycles. The highest BCUT2D eigenvalue weighted by Crippen LogP contribution is 2.50. The van der Waals surface area contributed by atoms with Crippen LogP contribution in [0.15, 0.2) is 67.3 Å². The Morgan fingerprint density at radius 2 is 1.65 bits per heavy atom. The maximum Gasteiger partial charge on any atom is 0.410 e. The molecule has 0 unspecified atom stereocenters. The third-order valence-corrected chi connectivity index (χ3v) is 11.2. The van der Waals surface area contributed by atoms with Crippen LogP contribution in [0, 0.1) is 5.41 Å². The molecule has 0 bridgehead atoms. The number of hydrogen-bond acceptors (Lipinski definition) is 9. The minimum atomic E-state index is -0.451. The fourth-order valence-electron chi connectivity index (χ4n) is 8.39. The molecule has 1 spiro atoms. The topological polar surface area (TPSA) is 121 Å². The average Bonchev–Trinajstić information content (AvgIpc) is 3.72. The van der Waals surface area contributed by atoms with Crippen molar-refractivity contribution < 1.29 is 14.3 Å². The summed E-state index contributed by atoms with van der Waals surface area (Å²) in [5.74, 6) is 0.741. The van der Waals surface area contributed by atoms with Crippen LogP contribution in [0.2, 0.25) is 0 Å². The van der Waals surface area contributed by atoms with E-state index in [1.807, 2.05) is 62.3 Å². The molecular weight excluding hydrogens is 642 g/mol. The summed E-state index contributed by atoms with van der Waals surface area (Å²) in [4.78, 5) is 45.9. The summed E-state index contributed by atoms with van der Waals surface area (Å²) in [6.45, 7) is 11.5. The smallest absolute Gasteiger partial charge is 0.410 e. The zero-order valence-electron chi connectivity index (χ0n) is 29.9. The van der Waals surface area contributed by atoms with Crippen LogP contribution in [0.1, 0.15) is 64.5 Å². The number of rotatable bonds is 8. The number of likely N-dealkylation sites (tertiary alicyclic amines) is 1. The molecule has 4 aliphatic rings. The van der Waals surface area contributed by atoms with Crippen LogP contribution in [0.25, 0.3) is 11.2 Å². The second kappa shape index (κ2) is 13.4. The van der Waals surface area contributed by atoms with Crippen molar-refractivity contribution in [1.29, 1.82) is 0 Å². The molecule has 2 saturated heterocycles. The lowest BCUT2D eigenvalue weighted by Crippen LogP contribution is -2.57. The Morgan fingerprint density at radius 1 is 0.902 bits per heavy atom. The second-order valence-corrected chi connectivity index (χ2v) is 16.0. The first-order chi connectivity index (χ1) is 24.6. The quantitative estimate of drug-likeness (QED) is 0.245. The number of anilines is 3. The SMILES string of the molecule is CC(C)(C)OC(=O)N1CCC2(CC(N3CCN(c4ccc(Nc5ncnc6c5ncn6C5CC(NC(=O)Cc6ccccc6)C5)cc4)CC3)C2)C1. The van der Waals surface area contributed by atoms with Crippen LogP contribution >= 0.6 is 0 Å². The summed E-state index contributed by atoms with van der Waals surface area (Å²) in [5, 5.41) is 6.63. The molecule has 2 N–H and O–H groups in total. The molecule has 4 fully saturated rings. The Bertz CT molecular complexity index is 1850. The molecular formula is C39H49N9O3. The zero-order chi connectivity index (χ0) is 35.2. The van der Waals surface area contributed by atoms with Crippen molar-refractivity contribution in [3.05, 3.63) is 72.8 Å². The van der Waals surface area contributed by atoms with E-state index in [0.717, 1.165) is 80.9 Å². The van der Waals surface area contributed by atoms with Crippen LogP contribution in [0.5, 0.6) is 0 Å². The van der Waals surface area contributed by atoms with E-state index in [4.69, 9.17) is 4.74 Å². The molecule has 2 saturated carbocycles. The Labute approximate surface area is 299 Å². The molecule has 4 heterocycles. The van der Waals surface area contributed by atoms with E-state index in [1.165, 1.54) is 18.5 Å². The monoisotopic (exact) mass is 691 g/mol. The van der Waals surface area contributed by atoms with Gasteiger partial charge in [-0.15, -0.1) is 0 Å². The second-order valence-electron chi connectivity index (χ2n) is 16.0. The lowest BCUT2D eigenvalue weighted by molar-refractivity contribution is -0.121. The molecule has 2 aromatic heterocycles. The highest BCUT2D eigenvalue weighted by Gasteiger charge is 2.51. The van der Waals surface area contributed by atoms with Gasteiger partial charge in [-0.25, -0.2) is 19.7 Å². The summed E-state index contributed by atoms with van der Waals surface area (Å²) in [6.07, 6.45) is 8.80. The molecule has 2 aromatic carbocycles. The number of piperazine rings is 1. The van der Waals surface area contributed by atoms with E-state index in [9.17, 15) is 9.59 Å². The highest BCUT2D eigenvalue weighted by molar-refractivity contribution is 5.85. The third kappa shape index (κ3) is 7.24. The molecule has 8 rings (SSSR count). The molecule has 0 radical (unpaired) electrons. The number of carbonyl (C=O) groups is 2. The van der Waals surface area contributed by atoms with Gasteiger partial charge in [0, 0.05) is 68.8 Å². The number of hydrogen-bond donors (Lipinski definition) is 2. The van der Waals surface area contributed by atoms with Gasteiger partial charge in [-0.1, -0.05) is 30.3 Å². The Balaban J connectivity index is 0.802. The number of amides is 2. The lowest BCUT2D eigenvalue weighted by atomic mass is 9.64. The van der Waals surface area contributed by atoms with Crippen molar-refractivity contribution in [3.63, 3.8) is 0 Å². The van der Waals surface area contributed by atoms with Crippen LogP contribution < -0.4 is 15.5 Å². The van der Waals surface area contributed by atoms with Crippen LogP contribution in [0.3, 0.4) is 0 Å². The molecule has 12 heteroatoms. The zero-order valence-corrected chi connectivity index (χ0v) is 29.9. The van der Waals surface area contributed by atoms with E-state index in [0.29, 0.717) is 18.3 Å². The van der Waals surface area contributed by atoms with E-state index in [1.54, 1.807) is 6.33 Å². The number of nitrogens with zero attached hydrogens (tertiary/aromatic N) is 7.